The highest BCUT2D eigenvalue weighted by atomic mass is 79.9. The van der Waals surface area contributed by atoms with Gasteiger partial charge < -0.3 is 5.11 Å². The van der Waals surface area contributed by atoms with E-state index in [9.17, 15) is 5.11 Å². The topological polar surface area (TPSA) is 33.1 Å². The Labute approximate surface area is 130 Å². The van der Waals surface area contributed by atoms with E-state index in [4.69, 9.17) is 0 Å². The predicted molar refractivity (Wildman–Crippen MR) is 87.3 cm³/mol. The molecule has 0 spiro atoms. The van der Waals surface area contributed by atoms with Crippen molar-refractivity contribution in [2.45, 2.75) is 12.3 Å². The van der Waals surface area contributed by atoms with Crippen LogP contribution in [0.2, 0.25) is 0 Å². The number of rotatable bonds is 4. The Morgan fingerprint density at radius 2 is 1.85 bits per heavy atom. The zero-order chi connectivity index (χ0) is 13.9. The fourth-order valence-electron chi connectivity index (χ4n) is 2.24. The molecule has 102 valence electrons. The first kappa shape index (κ1) is 13.7. The number of hydrogen-bond donors (Lipinski definition) is 1. The Bertz CT molecular complexity index is 675. The Morgan fingerprint density at radius 3 is 2.55 bits per heavy atom. The summed E-state index contributed by atoms with van der Waals surface area (Å²) in [5.41, 5.74) is 2.19. The molecular weight excluding hydrogens is 334 g/mol. The van der Waals surface area contributed by atoms with Crippen molar-refractivity contribution in [3.05, 3.63) is 63.6 Å². The monoisotopic (exact) mass is 347 g/mol. The first-order valence-corrected chi connectivity index (χ1v) is 8.08. The molecule has 0 aliphatic heterocycles. The number of nitrogens with zero attached hydrogens (tertiary/aromatic N) is 1. The molecule has 1 unspecified atom stereocenters. The third-order valence-corrected chi connectivity index (χ3v) is 4.91. The van der Waals surface area contributed by atoms with E-state index in [1.54, 1.807) is 11.3 Å². The van der Waals surface area contributed by atoms with E-state index in [0.29, 0.717) is 0 Å². The second-order valence-electron chi connectivity index (χ2n) is 4.71. The van der Waals surface area contributed by atoms with Gasteiger partial charge in [-0.05, 0) is 29.8 Å². The summed E-state index contributed by atoms with van der Waals surface area (Å²) in [4.78, 5) is 4.64. The molecule has 0 bridgehead atoms. The van der Waals surface area contributed by atoms with Crippen LogP contribution in [0.4, 0.5) is 0 Å². The van der Waals surface area contributed by atoms with E-state index < -0.39 is 0 Å². The summed E-state index contributed by atoms with van der Waals surface area (Å²) in [6, 6.07) is 16.3. The molecule has 0 saturated heterocycles. The summed E-state index contributed by atoms with van der Waals surface area (Å²) in [6.45, 7) is 0.136. The Morgan fingerprint density at radius 1 is 1.10 bits per heavy atom. The first-order chi connectivity index (χ1) is 9.76. The van der Waals surface area contributed by atoms with Crippen LogP contribution in [0, 0.1) is 0 Å². The maximum Gasteiger partial charge on any atom is 0.0945 e. The van der Waals surface area contributed by atoms with Crippen molar-refractivity contribution < 1.29 is 5.11 Å². The lowest BCUT2D eigenvalue weighted by atomic mass is 9.97. The van der Waals surface area contributed by atoms with Crippen LogP contribution >= 0.6 is 27.3 Å². The molecule has 1 heterocycles. The van der Waals surface area contributed by atoms with Gasteiger partial charge in [0.05, 0.1) is 21.8 Å². The van der Waals surface area contributed by atoms with Gasteiger partial charge in [-0.3, -0.25) is 0 Å². The van der Waals surface area contributed by atoms with Gasteiger partial charge in [-0.2, -0.15) is 0 Å². The summed E-state index contributed by atoms with van der Waals surface area (Å²) < 4.78 is 2.26. The molecule has 0 radical (unpaired) electrons. The predicted octanol–water partition coefficient (Wildman–Crippen LogP) is 4.38. The third-order valence-electron chi connectivity index (χ3n) is 3.32. The summed E-state index contributed by atoms with van der Waals surface area (Å²) in [5, 5.41) is 10.7. The van der Waals surface area contributed by atoms with Gasteiger partial charge in [0.25, 0.3) is 0 Å². The molecule has 0 saturated carbocycles. The molecule has 0 aliphatic carbocycles. The van der Waals surface area contributed by atoms with E-state index in [1.165, 1.54) is 4.70 Å². The molecule has 20 heavy (non-hydrogen) atoms. The van der Waals surface area contributed by atoms with Crippen molar-refractivity contribution in [1.82, 2.24) is 4.98 Å². The first-order valence-electron chi connectivity index (χ1n) is 6.47. The molecule has 3 rings (SSSR count). The molecule has 1 aromatic heterocycles. The molecular formula is C16H14BrNOS. The maximum atomic E-state index is 9.65. The molecule has 1 atom stereocenters. The molecule has 2 aromatic carbocycles. The largest absolute Gasteiger partial charge is 0.396 e. The number of hydrogen-bond acceptors (Lipinski definition) is 3. The number of benzene rings is 2. The lowest BCUT2D eigenvalue weighted by Gasteiger charge is -2.13. The summed E-state index contributed by atoms with van der Waals surface area (Å²) in [7, 11) is 0. The highest BCUT2D eigenvalue weighted by Crippen LogP contribution is 2.27. The molecule has 0 aliphatic rings. The van der Waals surface area contributed by atoms with Gasteiger partial charge in [0.2, 0.25) is 0 Å². The molecule has 0 fully saturated rings. The summed E-state index contributed by atoms with van der Waals surface area (Å²) in [6.07, 6.45) is 0.775. The van der Waals surface area contributed by atoms with Crippen molar-refractivity contribution in [3.63, 3.8) is 0 Å². The van der Waals surface area contributed by atoms with Crippen LogP contribution in [0.15, 0.2) is 53.0 Å². The number of para-hydroxylation sites is 1. The van der Waals surface area contributed by atoms with E-state index in [-0.39, 0.29) is 12.5 Å². The van der Waals surface area contributed by atoms with Crippen LogP contribution in [0.25, 0.3) is 10.2 Å². The van der Waals surface area contributed by atoms with Crippen molar-refractivity contribution in [1.29, 1.82) is 0 Å². The second-order valence-corrected chi connectivity index (χ2v) is 6.74. The number of fused-ring (bicyclic) bond motifs is 1. The van der Waals surface area contributed by atoms with Crippen LogP contribution in [0.1, 0.15) is 16.5 Å². The fraction of sp³-hybridized carbons (Fsp3) is 0.188. The molecule has 3 aromatic rings. The van der Waals surface area contributed by atoms with Crippen LogP contribution in [0.3, 0.4) is 0 Å². The van der Waals surface area contributed by atoms with Crippen LogP contribution in [-0.4, -0.2) is 16.7 Å². The Kier molecular flexibility index (Phi) is 4.15. The molecule has 2 nitrogen and oxygen atoms in total. The van der Waals surface area contributed by atoms with Crippen molar-refractivity contribution >= 4 is 37.5 Å². The molecule has 1 N–H and O–H groups in total. The van der Waals surface area contributed by atoms with Gasteiger partial charge in [0.1, 0.15) is 0 Å². The van der Waals surface area contributed by atoms with Gasteiger partial charge in [-0.15, -0.1) is 11.3 Å². The van der Waals surface area contributed by atoms with Crippen molar-refractivity contribution in [2.75, 3.05) is 6.61 Å². The normalized spacial score (nSPS) is 12.7. The average molecular weight is 348 g/mol. The number of aliphatic hydroxyl groups is 1. The van der Waals surface area contributed by atoms with Crippen molar-refractivity contribution in [3.8, 4) is 0 Å². The van der Waals surface area contributed by atoms with Crippen molar-refractivity contribution in [2.24, 2.45) is 0 Å². The number of halogens is 1. The Balaban J connectivity index is 1.85. The lowest BCUT2D eigenvalue weighted by molar-refractivity contribution is 0.264. The van der Waals surface area contributed by atoms with Gasteiger partial charge in [-0.1, -0.05) is 40.2 Å². The average Bonchev–Trinajstić information content (AvgIpc) is 2.88. The Hall–Kier alpha value is -1.23. The van der Waals surface area contributed by atoms with E-state index in [1.807, 2.05) is 30.3 Å². The zero-order valence-electron chi connectivity index (χ0n) is 10.8. The smallest absolute Gasteiger partial charge is 0.0945 e. The second kappa shape index (κ2) is 6.04. The maximum absolute atomic E-state index is 9.65. The minimum atomic E-state index is 0.101. The van der Waals surface area contributed by atoms with E-state index in [0.717, 1.165) is 27.0 Å². The standard InChI is InChI=1S/C16H14BrNOS/c17-13-7-5-11(6-8-13)12(10-19)9-16-18-14-3-1-2-4-15(14)20-16/h1-8,12,19H,9-10H2. The van der Waals surface area contributed by atoms with E-state index in [2.05, 4.69) is 39.1 Å². The van der Waals surface area contributed by atoms with Gasteiger partial charge in [0.15, 0.2) is 0 Å². The SMILES string of the molecule is OCC(Cc1nc2ccccc2s1)c1ccc(Br)cc1. The highest BCUT2D eigenvalue weighted by Gasteiger charge is 2.14. The summed E-state index contributed by atoms with van der Waals surface area (Å²) in [5.74, 6) is 0.101. The summed E-state index contributed by atoms with van der Waals surface area (Å²) >= 11 is 5.14. The van der Waals surface area contributed by atoms with E-state index >= 15 is 0 Å². The fourth-order valence-corrected chi connectivity index (χ4v) is 3.55. The highest BCUT2D eigenvalue weighted by molar-refractivity contribution is 9.10. The zero-order valence-corrected chi connectivity index (χ0v) is 13.2. The van der Waals surface area contributed by atoms with Gasteiger partial charge in [0, 0.05) is 16.8 Å². The van der Waals surface area contributed by atoms with Crippen LogP contribution < -0.4 is 0 Å². The van der Waals surface area contributed by atoms with Gasteiger partial charge >= 0.3 is 0 Å². The quantitative estimate of drug-likeness (QED) is 0.759. The third kappa shape index (κ3) is 2.92. The minimum Gasteiger partial charge on any atom is -0.396 e. The number of thiazole rings is 1. The minimum absolute atomic E-state index is 0.101. The number of aliphatic hydroxyl groups excluding tert-OH is 1. The molecule has 0 amide bonds. The number of aromatic nitrogens is 1. The van der Waals surface area contributed by atoms with Crippen LogP contribution in [-0.2, 0) is 6.42 Å². The lowest BCUT2D eigenvalue weighted by Crippen LogP contribution is -2.07. The molecule has 4 heteroatoms. The van der Waals surface area contributed by atoms with Crippen LogP contribution in [0.5, 0.6) is 0 Å². The van der Waals surface area contributed by atoms with Gasteiger partial charge in [-0.25, -0.2) is 4.98 Å².